The molecule has 0 saturated carbocycles. The van der Waals surface area contributed by atoms with Crippen LogP contribution in [-0.2, 0) is 10.0 Å². The molecule has 4 heterocycles. The van der Waals surface area contributed by atoms with Crippen molar-refractivity contribution in [3.63, 3.8) is 0 Å². The minimum absolute atomic E-state index is 0.0299. The maximum atomic E-state index is 12.2. The summed E-state index contributed by atoms with van der Waals surface area (Å²) >= 11 is 0. The Bertz CT molecular complexity index is 1710. The van der Waals surface area contributed by atoms with Crippen LogP contribution in [0.3, 0.4) is 0 Å². The average molecular weight is 480 g/mol. The summed E-state index contributed by atoms with van der Waals surface area (Å²) in [5.41, 5.74) is 10.2. The van der Waals surface area contributed by atoms with Gasteiger partial charge in [0.05, 0.1) is 17.5 Å². The first-order chi connectivity index (χ1) is 16.8. The number of fused-ring (bicyclic) bond motifs is 2. The van der Waals surface area contributed by atoms with Gasteiger partial charge in [-0.2, -0.15) is 9.61 Å². The van der Waals surface area contributed by atoms with E-state index in [0.29, 0.717) is 22.5 Å². The molecule has 3 N–H and O–H groups in total. The van der Waals surface area contributed by atoms with Crippen molar-refractivity contribution < 1.29 is 13.2 Å². The van der Waals surface area contributed by atoms with Gasteiger partial charge in [0.15, 0.2) is 5.65 Å². The molecule has 2 aliphatic rings. The average Bonchev–Trinajstić information content (AvgIpc) is 3.39. The van der Waals surface area contributed by atoms with Gasteiger partial charge in [0.25, 0.3) is 15.9 Å². The Hall–Kier alpha value is -4.25. The lowest BCUT2D eigenvalue weighted by atomic mass is 9.90. The second-order valence-electron chi connectivity index (χ2n) is 8.33. The van der Waals surface area contributed by atoms with Gasteiger partial charge < -0.3 is 5.73 Å². The van der Waals surface area contributed by atoms with Crippen molar-refractivity contribution in [2.45, 2.75) is 17.2 Å². The molecule has 6 rings (SSSR count). The quantitative estimate of drug-likeness (QED) is 0.428. The molecule has 3 aromatic heterocycles. The van der Waals surface area contributed by atoms with Crippen molar-refractivity contribution in [1.29, 1.82) is 0 Å². The van der Waals surface area contributed by atoms with E-state index in [1.807, 2.05) is 29.0 Å². The molecular weight excluding hydrogens is 463 g/mol. The van der Waals surface area contributed by atoms with Crippen LogP contribution in [-0.4, -0.2) is 41.8 Å². The third-order valence-corrected chi connectivity index (χ3v) is 7.58. The molecular formula is C24H17BN6O3S. The summed E-state index contributed by atoms with van der Waals surface area (Å²) in [6, 6.07) is 8.29. The molecule has 170 valence electrons. The number of amides is 1. The van der Waals surface area contributed by atoms with E-state index in [1.165, 1.54) is 16.6 Å². The monoisotopic (exact) mass is 480 g/mol. The number of benzene rings is 1. The van der Waals surface area contributed by atoms with Crippen LogP contribution in [0.15, 0.2) is 71.9 Å². The van der Waals surface area contributed by atoms with Crippen LogP contribution in [0.25, 0.3) is 28.0 Å². The number of allylic oxidation sites excluding steroid dienone is 4. The van der Waals surface area contributed by atoms with Crippen LogP contribution in [0.4, 0.5) is 5.82 Å². The largest absolute Gasteiger partial charge is 0.384 e. The fourth-order valence-electron chi connectivity index (χ4n) is 4.36. The molecule has 1 aromatic carbocycles. The molecule has 11 heteroatoms. The normalized spacial score (nSPS) is 18.1. The summed E-state index contributed by atoms with van der Waals surface area (Å²) in [6.45, 7) is 0. The Morgan fingerprint density at radius 3 is 2.66 bits per heavy atom. The van der Waals surface area contributed by atoms with E-state index in [2.05, 4.69) is 22.2 Å². The minimum Gasteiger partial charge on any atom is -0.384 e. The molecule has 0 fully saturated rings. The number of carbonyl (C=O) groups is 1. The number of nitrogen functional groups attached to an aromatic ring is 1. The standard InChI is InChI=1S/C24H17BN6O3S/c25-20-21(14-7-9-19-16(10-14)24(32)30-35(19,33)34)29-23-17(12-28-31(23)22(20)26)15-6-8-18(27-11-15)13-4-2-1-3-5-13/h1-4,6-13H,5,26H2,(H,30,32). The van der Waals surface area contributed by atoms with Crippen molar-refractivity contribution >= 4 is 40.7 Å². The predicted octanol–water partition coefficient (Wildman–Crippen LogP) is 1.87. The summed E-state index contributed by atoms with van der Waals surface area (Å²) in [6.07, 6.45) is 12.6. The number of rotatable bonds is 3. The van der Waals surface area contributed by atoms with Crippen LogP contribution in [0.2, 0.25) is 0 Å². The van der Waals surface area contributed by atoms with Crippen molar-refractivity contribution in [3.05, 3.63) is 78.3 Å². The zero-order chi connectivity index (χ0) is 24.3. The third-order valence-electron chi connectivity index (χ3n) is 6.19. The predicted molar refractivity (Wildman–Crippen MR) is 132 cm³/mol. The summed E-state index contributed by atoms with van der Waals surface area (Å²) in [5.74, 6) is -0.287. The molecule has 0 saturated heterocycles. The van der Waals surface area contributed by atoms with Crippen molar-refractivity contribution in [1.82, 2.24) is 24.3 Å². The van der Waals surface area contributed by atoms with Crippen LogP contribution < -0.4 is 15.9 Å². The van der Waals surface area contributed by atoms with Gasteiger partial charge >= 0.3 is 0 Å². The van der Waals surface area contributed by atoms with Crippen LogP contribution >= 0.6 is 0 Å². The first-order valence-electron chi connectivity index (χ1n) is 10.8. The van der Waals surface area contributed by atoms with E-state index in [4.69, 9.17) is 18.6 Å². The number of nitrogens with zero attached hydrogens (tertiary/aromatic N) is 4. The maximum Gasteiger partial charge on any atom is 0.266 e. The van der Waals surface area contributed by atoms with Crippen LogP contribution in [0.1, 0.15) is 28.4 Å². The first kappa shape index (κ1) is 21.3. The molecule has 1 unspecified atom stereocenters. The number of nitrogens with one attached hydrogen (secondary N) is 1. The highest BCUT2D eigenvalue weighted by atomic mass is 32.2. The van der Waals surface area contributed by atoms with Gasteiger partial charge in [0, 0.05) is 34.5 Å². The van der Waals surface area contributed by atoms with Crippen LogP contribution in [0, 0.1) is 0 Å². The number of carbonyl (C=O) groups excluding carboxylic acids is 1. The summed E-state index contributed by atoms with van der Waals surface area (Å²) in [7, 11) is 2.42. The maximum absolute atomic E-state index is 12.2. The van der Waals surface area contributed by atoms with Crippen molar-refractivity contribution in [2.75, 3.05) is 5.73 Å². The molecule has 1 amide bonds. The van der Waals surface area contributed by atoms with Crippen LogP contribution in [0.5, 0.6) is 0 Å². The Morgan fingerprint density at radius 2 is 1.91 bits per heavy atom. The highest BCUT2D eigenvalue weighted by Gasteiger charge is 2.33. The molecule has 0 spiro atoms. The number of nitrogens with two attached hydrogens (primary N) is 1. The number of sulfonamides is 1. The number of hydrogen-bond acceptors (Lipinski definition) is 7. The zero-order valence-corrected chi connectivity index (χ0v) is 19.0. The van der Waals surface area contributed by atoms with Gasteiger partial charge in [-0.05, 0) is 30.1 Å². The van der Waals surface area contributed by atoms with Crippen molar-refractivity contribution in [2.24, 2.45) is 0 Å². The highest BCUT2D eigenvalue weighted by Crippen LogP contribution is 2.31. The molecule has 9 nitrogen and oxygen atoms in total. The Balaban J connectivity index is 1.45. The van der Waals surface area contributed by atoms with Gasteiger partial charge in [-0.1, -0.05) is 36.4 Å². The first-order valence-corrected chi connectivity index (χ1v) is 12.3. The molecule has 2 radical (unpaired) electrons. The van der Waals surface area contributed by atoms with E-state index < -0.39 is 15.9 Å². The van der Waals surface area contributed by atoms with Gasteiger partial charge in [0.1, 0.15) is 18.6 Å². The lowest BCUT2D eigenvalue weighted by Crippen LogP contribution is -2.20. The molecule has 0 bridgehead atoms. The molecule has 1 aliphatic heterocycles. The van der Waals surface area contributed by atoms with Gasteiger partial charge in [-0.25, -0.2) is 18.1 Å². The highest BCUT2D eigenvalue weighted by molar-refractivity contribution is 7.90. The van der Waals surface area contributed by atoms with E-state index in [9.17, 15) is 13.2 Å². The number of pyridine rings is 1. The smallest absolute Gasteiger partial charge is 0.266 e. The second kappa shape index (κ2) is 7.64. The summed E-state index contributed by atoms with van der Waals surface area (Å²) < 4.78 is 27.6. The Kier molecular flexibility index (Phi) is 4.65. The fraction of sp³-hybridized carbons (Fsp3) is 0.0833. The Labute approximate surface area is 201 Å². The number of aromatic nitrogens is 4. The summed E-state index contributed by atoms with van der Waals surface area (Å²) in [4.78, 5) is 21.4. The zero-order valence-electron chi connectivity index (χ0n) is 18.2. The van der Waals surface area contributed by atoms with E-state index in [1.54, 1.807) is 18.5 Å². The topological polar surface area (TPSA) is 132 Å². The number of anilines is 1. The fourth-order valence-corrected chi connectivity index (χ4v) is 5.51. The van der Waals surface area contributed by atoms with E-state index in [-0.39, 0.29) is 27.7 Å². The third kappa shape index (κ3) is 3.35. The number of hydrogen-bond donors (Lipinski definition) is 2. The Morgan fingerprint density at radius 1 is 1.09 bits per heavy atom. The lowest BCUT2D eigenvalue weighted by Gasteiger charge is -2.13. The second-order valence-corrected chi connectivity index (χ2v) is 9.98. The van der Waals surface area contributed by atoms with Gasteiger partial charge in [-0.15, -0.1) is 0 Å². The van der Waals surface area contributed by atoms with Crippen molar-refractivity contribution in [3.8, 4) is 22.4 Å². The van der Waals surface area contributed by atoms with E-state index >= 15 is 0 Å². The lowest BCUT2D eigenvalue weighted by molar-refractivity contribution is 0.0985. The van der Waals surface area contributed by atoms with E-state index in [0.717, 1.165) is 17.7 Å². The van der Waals surface area contributed by atoms with Gasteiger partial charge in [0.2, 0.25) is 0 Å². The SMILES string of the molecule is [B]c1c(-c2ccc3c(c2)C(=O)NS3(=O)=O)nc2c(-c3ccc(C4C=CC=CC4)nc3)cnn2c1N. The van der Waals surface area contributed by atoms with Gasteiger partial charge in [-0.3, -0.25) is 9.78 Å². The summed E-state index contributed by atoms with van der Waals surface area (Å²) in [5, 5.41) is 4.35. The molecule has 1 atom stereocenters. The molecule has 4 aromatic rings. The molecule has 35 heavy (non-hydrogen) atoms. The minimum atomic E-state index is -3.86. The molecule has 1 aliphatic carbocycles.